The van der Waals surface area contributed by atoms with Crippen molar-refractivity contribution in [1.29, 1.82) is 0 Å². The van der Waals surface area contributed by atoms with Crippen molar-refractivity contribution in [3.05, 3.63) is 97.1 Å². The summed E-state index contributed by atoms with van der Waals surface area (Å²) in [6.45, 7) is 0. The molecule has 0 heterocycles. The lowest BCUT2D eigenvalue weighted by atomic mass is 10.1. The third-order valence-electron chi connectivity index (χ3n) is 5.24. The van der Waals surface area contributed by atoms with Gasteiger partial charge in [0, 0.05) is 22.3 Å². The highest BCUT2D eigenvalue weighted by atomic mass is 32.2. The Bertz CT molecular complexity index is 1710. The Balaban J connectivity index is 0.000000220. The minimum atomic E-state index is -4.52. The molecular weight excluding hydrogens is 609 g/mol. The molecule has 0 aliphatic heterocycles. The summed E-state index contributed by atoms with van der Waals surface area (Å²) in [5.41, 5.74) is -0.0436. The van der Waals surface area contributed by atoms with E-state index < -0.39 is 60.1 Å². The number of benzene rings is 4. The van der Waals surface area contributed by atoms with Crippen molar-refractivity contribution in [3.8, 4) is 22.3 Å². The van der Waals surface area contributed by atoms with Crippen molar-refractivity contribution >= 4 is 40.5 Å². The van der Waals surface area contributed by atoms with Gasteiger partial charge in [0.15, 0.2) is 0 Å². The standard InChI is InChI=1S/2C12H10O6S2/c2*13-19(14,15)11-7-3-1-5-9(11)10-6-2-4-8-12(10)20(16,17)18/h2*1-8H,(H,13,14,15)(H,16,17,18). The van der Waals surface area contributed by atoms with Gasteiger partial charge in [-0.3, -0.25) is 18.2 Å². The quantitative estimate of drug-likeness (QED) is 0.225. The van der Waals surface area contributed by atoms with Crippen LogP contribution in [-0.2, 0) is 40.5 Å². The van der Waals surface area contributed by atoms with Crippen molar-refractivity contribution in [1.82, 2.24) is 0 Å². The Morgan fingerprint density at radius 3 is 0.600 bits per heavy atom. The van der Waals surface area contributed by atoms with E-state index in [9.17, 15) is 51.9 Å². The van der Waals surface area contributed by atoms with Crippen LogP contribution in [0.1, 0.15) is 0 Å². The van der Waals surface area contributed by atoms with Gasteiger partial charge in [-0.1, -0.05) is 72.8 Å². The third-order valence-corrected chi connectivity index (χ3v) is 8.89. The van der Waals surface area contributed by atoms with Crippen LogP contribution in [0.15, 0.2) is 117 Å². The summed E-state index contributed by atoms with van der Waals surface area (Å²) in [6.07, 6.45) is 0. The molecule has 212 valence electrons. The Morgan fingerprint density at radius 1 is 0.300 bits per heavy atom. The molecule has 4 N–H and O–H groups in total. The fraction of sp³-hybridized carbons (Fsp3) is 0. The highest BCUT2D eigenvalue weighted by Gasteiger charge is 2.23. The molecule has 12 nitrogen and oxygen atoms in total. The minimum absolute atomic E-state index is 0.0109. The van der Waals surface area contributed by atoms with Crippen LogP contribution in [0.5, 0.6) is 0 Å². The van der Waals surface area contributed by atoms with Crippen molar-refractivity contribution in [2.24, 2.45) is 0 Å². The molecule has 4 aromatic rings. The average molecular weight is 629 g/mol. The normalized spacial score (nSPS) is 12.3. The fourth-order valence-electron chi connectivity index (χ4n) is 3.66. The Kier molecular flexibility index (Phi) is 8.97. The first-order valence-electron chi connectivity index (χ1n) is 10.7. The Labute approximate surface area is 230 Å². The lowest BCUT2D eigenvalue weighted by Gasteiger charge is -2.10. The van der Waals surface area contributed by atoms with Gasteiger partial charge in [-0.05, 0) is 24.3 Å². The van der Waals surface area contributed by atoms with Gasteiger partial charge in [-0.2, -0.15) is 33.7 Å². The second kappa shape index (κ2) is 11.6. The number of rotatable bonds is 6. The van der Waals surface area contributed by atoms with Crippen molar-refractivity contribution in [3.63, 3.8) is 0 Å². The molecule has 0 amide bonds. The molecule has 4 aromatic carbocycles. The molecule has 0 radical (unpaired) electrons. The molecule has 0 fully saturated rings. The van der Waals surface area contributed by atoms with Gasteiger partial charge in [-0.15, -0.1) is 0 Å². The molecule has 0 aromatic heterocycles. The highest BCUT2D eigenvalue weighted by molar-refractivity contribution is 7.87. The van der Waals surface area contributed by atoms with E-state index in [1.807, 2.05) is 0 Å². The van der Waals surface area contributed by atoms with Crippen LogP contribution in [0.4, 0.5) is 0 Å². The van der Waals surface area contributed by atoms with E-state index in [0.717, 1.165) is 24.3 Å². The maximum absolute atomic E-state index is 11.3. The molecule has 0 spiro atoms. The van der Waals surface area contributed by atoms with E-state index in [0.29, 0.717) is 0 Å². The summed E-state index contributed by atoms with van der Waals surface area (Å²) in [5.74, 6) is 0. The molecule has 16 heteroatoms. The Hall–Kier alpha value is -3.48. The van der Waals surface area contributed by atoms with E-state index in [1.54, 1.807) is 0 Å². The third kappa shape index (κ3) is 7.38. The lowest BCUT2D eigenvalue weighted by Crippen LogP contribution is -2.04. The topological polar surface area (TPSA) is 217 Å². The maximum atomic E-state index is 11.3. The van der Waals surface area contributed by atoms with Gasteiger partial charge in [0.25, 0.3) is 40.5 Å². The van der Waals surface area contributed by atoms with Gasteiger partial charge >= 0.3 is 0 Å². The Morgan fingerprint density at radius 2 is 0.450 bits per heavy atom. The molecule has 4 rings (SSSR count). The van der Waals surface area contributed by atoms with Crippen LogP contribution in [0.25, 0.3) is 22.3 Å². The van der Waals surface area contributed by atoms with Gasteiger partial charge in [-0.25, -0.2) is 0 Å². The van der Waals surface area contributed by atoms with E-state index in [1.165, 1.54) is 72.8 Å². The number of hydrogen-bond donors (Lipinski definition) is 4. The van der Waals surface area contributed by atoms with Crippen LogP contribution in [0.3, 0.4) is 0 Å². The predicted octanol–water partition coefficient (Wildman–Crippen LogP) is 3.69. The summed E-state index contributed by atoms with van der Waals surface area (Å²) >= 11 is 0. The second-order valence-electron chi connectivity index (χ2n) is 7.88. The van der Waals surface area contributed by atoms with Gasteiger partial charge in [0.05, 0.1) is 0 Å². The smallest absolute Gasteiger partial charge is 0.282 e. The first-order chi connectivity index (χ1) is 18.4. The highest BCUT2D eigenvalue weighted by Crippen LogP contribution is 2.33. The molecule has 0 aliphatic carbocycles. The van der Waals surface area contributed by atoms with Crippen LogP contribution in [0, 0.1) is 0 Å². The molecule has 0 bridgehead atoms. The zero-order valence-corrected chi connectivity index (χ0v) is 23.2. The summed E-state index contributed by atoms with van der Waals surface area (Å²) < 4.78 is 127. The molecule has 0 unspecified atom stereocenters. The summed E-state index contributed by atoms with van der Waals surface area (Å²) in [6, 6.07) is 21.5. The minimum Gasteiger partial charge on any atom is -0.282 e. The first-order valence-corrected chi connectivity index (χ1v) is 16.4. The zero-order valence-electron chi connectivity index (χ0n) is 19.9. The lowest BCUT2D eigenvalue weighted by molar-refractivity contribution is 0.480. The molecule has 0 aliphatic rings. The molecule has 0 saturated carbocycles. The van der Waals surface area contributed by atoms with Gasteiger partial charge < -0.3 is 0 Å². The van der Waals surface area contributed by atoms with Crippen LogP contribution < -0.4 is 0 Å². The average Bonchev–Trinajstić information content (AvgIpc) is 2.87. The van der Waals surface area contributed by atoms with Gasteiger partial charge in [0.2, 0.25) is 0 Å². The van der Waals surface area contributed by atoms with Crippen LogP contribution in [0.2, 0.25) is 0 Å². The van der Waals surface area contributed by atoms with Crippen molar-refractivity contribution in [2.45, 2.75) is 19.6 Å². The van der Waals surface area contributed by atoms with E-state index >= 15 is 0 Å². The predicted molar refractivity (Wildman–Crippen MR) is 143 cm³/mol. The molecule has 0 saturated heterocycles. The monoisotopic (exact) mass is 628 g/mol. The van der Waals surface area contributed by atoms with Crippen LogP contribution in [-0.4, -0.2) is 51.9 Å². The molecule has 40 heavy (non-hydrogen) atoms. The maximum Gasteiger partial charge on any atom is 0.295 e. The zero-order chi connectivity index (χ0) is 29.9. The summed E-state index contributed by atoms with van der Waals surface area (Å²) in [4.78, 5) is -1.74. The van der Waals surface area contributed by atoms with E-state index in [4.69, 9.17) is 0 Å². The molecule has 0 atom stereocenters. The van der Waals surface area contributed by atoms with Crippen molar-refractivity contribution in [2.75, 3.05) is 0 Å². The fourth-order valence-corrected chi connectivity index (χ4v) is 6.48. The van der Waals surface area contributed by atoms with E-state index in [2.05, 4.69) is 0 Å². The van der Waals surface area contributed by atoms with Crippen LogP contribution >= 0.6 is 0 Å². The van der Waals surface area contributed by atoms with Crippen molar-refractivity contribution < 1.29 is 51.9 Å². The largest absolute Gasteiger partial charge is 0.295 e. The number of hydrogen-bond acceptors (Lipinski definition) is 8. The van der Waals surface area contributed by atoms with E-state index in [-0.39, 0.29) is 22.3 Å². The summed E-state index contributed by atoms with van der Waals surface area (Å²) in [7, 11) is -18.1. The molecular formula is C24H20O12S4. The first kappa shape index (κ1) is 31.1. The SMILES string of the molecule is O=S(=O)(O)c1ccccc1-c1ccccc1S(=O)(=O)O.O=S(=O)(O)c1ccccc1-c1ccccc1S(=O)(=O)O. The summed E-state index contributed by atoms with van der Waals surface area (Å²) in [5, 5.41) is 0. The second-order valence-corrected chi connectivity index (χ2v) is 13.4. The van der Waals surface area contributed by atoms with Gasteiger partial charge in [0.1, 0.15) is 19.6 Å².